The molecule has 0 fully saturated rings. The number of aromatic nitrogens is 4. The third kappa shape index (κ3) is 5.08. The standard InChI is InChI=1S/C20H24N4O2S/c1-14(2)18-6-4-5-7-19(18)26-12-17(25)13-27-20-21-22-23-24(20)16-10-8-15(3)9-11-16/h4-11,14,17,25H,12-13H2,1-3H3/t17-/m1/s1. The zero-order valence-electron chi connectivity index (χ0n) is 15.7. The molecule has 0 saturated heterocycles. The van der Waals surface area contributed by atoms with Crippen LogP contribution in [0, 0.1) is 6.92 Å². The molecule has 7 heteroatoms. The van der Waals surface area contributed by atoms with Gasteiger partial charge in [0, 0.05) is 5.75 Å². The van der Waals surface area contributed by atoms with Gasteiger partial charge in [-0.15, -0.1) is 5.10 Å². The number of aryl methyl sites for hydroxylation is 1. The second-order valence-corrected chi connectivity index (χ2v) is 7.66. The van der Waals surface area contributed by atoms with E-state index in [2.05, 4.69) is 35.4 Å². The Hall–Kier alpha value is -2.38. The van der Waals surface area contributed by atoms with Crippen molar-refractivity contribution in [2.24, 2.45) is 0 Å². The minimum Gasteiger partial charge on any atom is -0.491 e. The number of rotatable bonds is 8. The van der Waals surface area contributed by atoms with Crippen LogP contribution in [0.1, 0.15) is 30.9 Å². The number of thioether (sulfide) groups is 1. The summed E-state index contributed by atoms with van der Waals surface area (Å²) in [7, 11) is 0. The first-order chi connectivity index (χ1) is 13.0. The Bertz CT molecular complexity index is 864. The molecule has 0 amide bonds. The van der Waals surface area contributed by atoms with Crippen molar-refractivity contribution in [1.29, 1.82) is 0 Å². The first-order valence-electron chi connectivity index (χ1n) is 8.92. The normalized spacial score (nSPS) is 12.3. The number of para-hydroxylation sites is 1. The van der Waals surface area contributed by atoms with Crippen LogP contribution in [-0.2, 0) is 0 Å². The van der Waals surface area contributed by atoms with Crippen LogP contribution < -0.4 is 4.74 Å². The Kier molecular flexibility index (Phi) is 6.47. The van der Waals surface area contributed by atoms with Crippen molar-refractivity contribution in [1.82, 2.24) is 20.2 Å². The molecule has 27 heavy (non-hydrogen) atoms. The van der Waals surface area contributed by atoms with Crippen molar-refractivity contribution in [3.63, 3.8) is 0 Å². The fourth-order valence-corrected chi connectivity index (χ4v) is 3.41. The van der Waals surface area contributed by atoms with Crippen molar-refractivity contribution < 1.29 is 9.84 Å². The van der Waals surface area contributed by atoms with Crippen LogP contribution in [-0.4, -0.2) is 43.8 Å². The molecule has 0 bridgehead atoms. The maximum absolute atomic E-state index is 10.3. The minimum absolute atomic E-state index is 0.225. The summed E-state index contributed by atoms with van der Waals surface area (Å²) in [5, 5.41) is 22.8. The molecule has 1 heterocycles. The second kappa shape index (κ2) is 9.01. The lowest BCUT2D eigenvalue weighted by Crippen LogP contribution is -2.21. The largest absolute Gasteiger partial charge is 0.491 e. The Morgan fingerprint density at radius 1 is 1.11 bits per heavy atom. The average molecular weight is 385 g/mol. The number of hydrogen-bond acceptors (Lipinski definition) is 6. The Morgan fingerprint density at radius 3 is 2.59 bits per heavy atom. The average Bonchev–Trinajstić information content (AvgIpc) is 3.14. The van der Waals surface area contributed by atoms with Crippen molar-refractivity contribution >= 4 is 11.8 Å². The predicted octanol–water partition coefficient (Wildman–Crippen LogP) is 3.63. The molecule has 0 spiro atoms. The van der Waals surface area contributed by atoms with E-state index < -0.39 is 6.10 Å². The molecule has 0 aliphatic rings. The van der Waals surface area contributed by atoms with Crippen LogP contribution >= 0.6 is 11.8 Å². The van der Waals surface area contributed by atoms with Crippen molar-refractivity contribution in [3.8, 4) is 11.4 Å². The molecule has 1 atom stereocenters. The van der Waals surface area contributed by atoms with E-state index in [-0.39, 0.29) is 6.61 Å². The summed E-state index contributed by atoms with van der Waals surface area (Å²) in [5.41, 5.74) is 3.21. The Morgan fingerprint density at radius 2 is 1.85 bits per heavy atom. The lowest BCUT2D eigenvalue weighted by atomic mass is 10.0. The van der Waals surface area contributed by atoms with Gasteiger partial charge in [0.1, 0.15) is 12.4 Å². The van der Waals surface area contributed by atoms with E-state index in [4.69, 9.17) is 4.74 Å². The molecule has 3 rings (SSSR count). The number of nitrogens with zero attached hydrogens (tertiary/aromatic N) is 4. The number of hydrogen-bond donors (Lipinski definition) is 1. The highest BCUT2D eigenvalue weighted by Gasteiger charge is 2.14. The maximum Gasteiger partial charge on any atom is 0.214 e. The molecule has 6 nitrogen and oxygen atoms in total. The van der Waals surface area contributed by atoms with Gasteiger partial charge in [0.05, 0.1) is 11.8 Å². The molecule has 0 radical (unpaired) electrons. The van der Waals surface area contributed by atoms with E-state index >= 15 is 0 Å². The first-order valence-corrected chi connectivity index (χ1v) is 9.91. The highest BCUT2D eigenvalue weighted by atomic mass is 32.2. The van der Waals surface area contributed by atoms with Gasteiger partial charge in [0.2, 0.25) is 5.16 Å². The molecule has 0 unspecified atom stereocenters. The van der Waals surface area contributed by atoms with Gasteiger partial charge in [-0.05, 0) is 47.0 Å². The summed E-state index contributed by atoms with van der Waals surface area (Å²) in [4.78, 5) is 0. The van der Waals surface area contributed by atoms with Gasteiger partial charge in [0.25, 0.3) is 0 Å². The molecule has 142 valence electrons. The minimum atomic E-state index is -0.626. The molecule has 1 aromatic heterocycles. The molecule has 0 saturated carbocycles. The summed E-state index contributed by atoms with van der Waals surface area (Å²) < 4.78 is 7.51. The molecule has 1 N–H and O–H groups in total. The van der Waals surface area contributed by atoms with Crippen LogP contribution in [0.4, 0.5) is 0 Å². The van der Waals surface area contributed by atoms with Crippen LogP contribution in [0.25, 0.3) is 5.69 Å². The predicted molar refractivity (Wildman–Crippen MR) is 107 cm³/mol. The van der Waals surface area contributed by atoms with Crippen LogP contribution in [0.15, 0.2) is 53.7 Å². The van der Waals surface area contributed by atoms with Crippen LogP contribution in [0.2, 0.25) is 0 Å². The molecule has 2 aromatic carbocycles. The Labute approximate surface area is 163 Å². The van der Waals surface area contributed by atoms with Crippen molar-refractivity contribution in [2.45, 2.75) is 37.9 Å². The quantitative estimate of drug-likeness (QED) is 0.598. The number of aliphatic hydroxyl groups is 1. The zero-order valence-corrected chi connectivity index (χ0v) is 16.6. The van der Waals surface area contributed by atoms with Crippen LogP contribution in [0.5, 0.6) is 5.75 Å². The van der Waals surface area contributed by atoms with Crippen LogP contribution in [0.3, 0.4) is 0 Å². The van der Waals surface area contributed by atoms with E-state index in [1.807, 2.05) is 49.4 Å². The summed E-state index contributed by atoms with van der Waals surface area (Å²) in [5.74, 6) is 1.63. The fraction of sp³-hybridized carbons (Fsp3) is 0.350. The highest BCUT2D eigenvalue weighted by molar-refractivity contribution is 7.99. The molecule has 3 aromatic rings. The molecular weight excluding hydrogens is 360 g/mol. The number of ether oxygens (including phenoxy) is 1. The summed E-state index contributed by atoms with van der Waals surface area (Å²) in [6.45, 7) is 6.51. The topological polar surface area (TPSA) is 73.1 Å². The third-order valence-corrected chi connectivity index (χ3v) is 5.16. The summed E-state index contributed by atoms with van der Waals surface area (Å²) in [6, 6.07) is 15.9. The van der Waals surface area contributed by atoms with Gasteiger partial charge < -0.3 is 9.84 Å². The van der Waals surface area contributed by atoms with Gasteiger partial charge in [-0.25, -0.2) is 0 Å². The van der Waals surface area contributed by atoms with Gasteiger partial charge in [-0.1, -0.05) is 61.5 Å². The van der Waals surface area contributed by atoms with Gasteiger partial charge in [-0.3, -0.25) is 0 Å². The molecule has 0 aliphatic heterocycles. The van der Waals surface area contributed by atoms with Crippen molar-refractivity contribution in [3.05, 3.63) is 59.7 Å². The lowest BCUT2D eigenvalue weighted by Gasteiger charge is -2.16. The van der Waals surface area contributed by atoms with E-state index in [1.165, 1.54) is 17.3 Å². The highest BCUT2D eigenvalue weighted by Crippen LogP contribution is 2.26. The number of benzene rings is 2. The van der Waals surface area contributed by atoms with E-state index in [9.17, 15) is 5.11 Å². The smallest absolute Gasteiger partial charge is 0.214 e. The van der Waals surface area contributed by atoms with Gasteiger partial charge in [0.15, 0.2) is 0 Å². The molecular formula is C20H24N4O2S. The number of aliphatic hydroxyl groups excluding tert-OH is 1. The monoisotopic (exact) mass is 384 g/mol. The van der Waals surface area contributed by atoms with Gasteiger partial charge in [-0.2, -0.15) is 4.68 Å². The zero-order chi connectivity index (χ0) is 19.2. The van der Waals surface area contributed by atoms with Crippen molar-refractivity contribution in [2.75, 3.05) is 12.4 Å². The second-order valence-electron chi connectivity index (χ2n) is 6.68. The third-order valence-electron chi connectivity index (χ3n) is 4.10. The van der Waals surface area contributed by atoms with E-state index in [0.29, 0.717) is 16.8 Å². The van der Waals surface area contributed by atoms with Gasteiger partial charge >= 0.3 is 0 Å². The maximum atomic E-state index is 10.3. The summed E-state index contributed by atoms with van der Waals surface area (Å²) in [6.07, 6.45) is -0.626. The van der Waals surface area contributed by atoms with E-state index in [0.717, 1.165) is 17.0 Å². The summed E-state index contributed by atoms with van der Waals surface area (Å²) >= 11 is 1.40. The fourth-order valence-electron chi connectivity index (χ4n) is 2.61. The Balaban J connectivity index is 1.57. The molecule has 0 aliphatic carbocycles. The van der Waals surface area contributed by atoms with E-state index in [1.54, 1.807) is 4.68 Å². The lowest BCUT2D eigenvalue weighted by molar-refractivity contribution is 0.125. The SMILES string of the molecule is Cc1ccc(-n2nnnc2SC[C@H](O)COc2ccccc2C(C)C)cc1. The number of tetrazole rings is 1. The first kappa shape index (κ1) is 19.4.